The highest BCUT2D eigenvalue weighted by molar-refractivity contribution is 7.18. The molecule has 0 saturated carbocycles. The lowest BCUT2D eigenvalue weighted by Crippen LogP contribution is -2.44. The van der Waals surface area contributed by atoms with Crippen LogP contribution in [-0.4, -0.2) is 58.5 Å². The standard InChI is InChI=1S/C31H33FN5OP/c1-22-8-9-24(18-23(22)12-13-37-21-33-28-6-4-5-7-29(28)37)30(38)34-26-11-10-25(27(19-26)31(2,32)39)20-36-16-14-35(3)15-17-36/h4-11,18-19,21H,14-17,20,39H2,1-3H3,(H,34,38). The molecule has 3 aromatic carbocycles. The van der Waals surface area contributed by atoms with E-state index in [1.807, 2.05) is 49.4 Å². The average molecular weight is 542 g/mol. The van der Waals surface area contributed by atoms with Gasteiger partial charge >= 0.3 is 0 Å². The molecule has 1 aliphatic rings. The molecule has 2 atom stereocenters. The summed E-state index contributed by atoms with van der Waals surface area (Å²) < 4.78 is 17.0. The highest BCUT2D eigenvalue weighted by Crippen LogP contribution is 2.37. The molecule has 2 heterocycles. The second kappa shape index (κ2) is 11.3. The number of aromatic nitrogens is 2. The van der Waals surface area contributed by atoms with E-state index in [0.717, 1.165) is 53.9 Å². The number of halogens is 1. The predicted molar refractivity (Wildman–Crippen MR) is 159 cm³/mol. The fourth-order valence-electron chi connectivity index (χ4n) is 4.76. The Balaban J connectivity index is 1.35. The van der Waals surface area contributed by atoms with Gasteiger partial charge in [0.15, 0.2) is 0 Å². The van der Waals surface area contributed by atoms with Crippen molar-refractivity contribution in [3.63, 3.8) is 0 Å². The highest BCUT2D eigenvalue weighted by atomic mass is 31.0. The Bertz CT molecular complexity index is 1570. The molecule has 5 rings (SSSR count). The summed E-state index contributed by atoms with van der Waals surface area (Å²) >= 11 is 0. The molecule has 0 bridgehead atoms. The monoisotopic (exact) mass is 541 g/mol. The molecule has 39 heavy (non-hydrogen) atoms. The SMILES string of the molecule is Cc1ccc(C(=O)Nc2ccc(CN3CCN(C)CC3)c(C(C)(F)P)c2)cc1C#Cn1cnc2ccccc21. The van der Waals surface area contributed by atoms with Gasteiger partial charge in [0, 0.05) is 55.6 Å². The lowest BCUT2D eigenvalue weighted by molar-refractivity contribution is 0.102. The normalized spacial score (nSPS) is 15.9. The van der Waals surface area contributed by atoms with Crippen molar-refractivity contribution in [3.05, 3.63) is 94.8 Å². The zero-order chi connectivity index (χ0) is 27.6. The van der Waals surface area contributed by atoms with Crippen LogP contribution in [0.3, 0.4) is 0 Å². The van der Waals surface area contributed by atoms with E-state index in [9.17, 15) is 4.79 Å². The molecule has 2 unspecified atom stereocenters. The van der Waals surface area contributed by atoms with Gasteiger partial charge in [-0.25, -0.2) is 9.37 Å². The van der Waals surface area contributed by atoms with Crippen LogP contribution in [-0.2, 0) is 12.0 Å². The molecular weight excluding hydrogens is 508 g/mol. The van der Waals surface area contributed by atoms with Crippen molar-refractivity contribution >= 4 is 31.9 Å². The highest BCUT2D eigenvalue weighted by Gasteiger charge is 2.25. The van der Waals surface area contributed by atoms with Crippen LogP contribution in [0.2, 0.25) is 0 Å². The van der Waals surface area contributed by atoms with Crippen LogP contribution >= 0.6 is 9.24 Å². The molecule has 4 aromatic rings. The molecule has 200 valence electrons. The first-order chi connectivity index (χ1) is 18.7. The molecule has 1 amide bonds. The number of anilines is 1. The number of amides is 1. The Morgan fingerprint density at radius 3 is 2.64 bits per heavy atom. The summed E-state index contributed by atoms with van der Waals surface area (Å²) in [5.41, 5.74) is 6.06. The van der Waals surface area contributed by atoms with Gasteiger partial charge in [-0.3, -0.25) is 14.3 Å². The molecule has 1 aromatic heterocycles. The molecule has 0 spiro atoms. The first-order valence-electron chi connectivity index (χ1n) is 13.1. The number of likely N-dealkylation sites (N-methyl/N-ethyl adjacent to an activating group) is 1. The van der Waals surface area contributed by atoms with E-state index >= 15 is 4.39 Å². The fraction of sp³-hybridized carbons (Fsp3) is 0.290. The number of hydrogen-bond acceptors (Lipinski definition) is 4. The van der Waals surface area contributed by atoms with Crippen molar-refractivity contribution in [2.75, 3.05) is 38.5 Å². The maximum absolute atomic E-state index is 15.2. The number of hydrogen-bond donors (Lipinski definition) is 1. The summed E-state index contributed by atoms with van der Waals surface area (Å²) in [6.45, 7) is 8.06. The summed E-state index contributed by atoms with van der Waals surface area (Å²) in [6, 6.07) is 21.9. The number of benzene rings is 3. The van der Waals surface area contributed by atoms with Crippen LogP contribution in [0.15, 0.2) is 67.0 Å². The van der Waals surface area contributed by atoms with E-state index in [1.165, 1.54) is 6.92 Å². The maximum atomic E-state index is 15.2. The first-order valence-corrected chi connectivity index (χ1v) is 13.6. The zero-order valence-corrected chi connectivity index (χ0v) is 23.7. The topological polar surface area (TPSA) is 53.4 Å². The molecule has 1 aliphatic heterocycles. The third-order valence-electron chi connectivity index (χ3n) is 7.15. The Kier molecular flexibility index (Phi) is 7.81. The number of nitrogens with one attached hydrogen (secondary N) is 1. The predicted octanol–water partition coefficient (Wildman–Crippen LogP) is 5.22. The van der Waals surface area contributed by atoms with Gasteiger partial charge in [0.2, 0.25) is 0 Å². The van der Waals surface area contributed by atoms with Crippen LogP contribution in [0.4, 0.5) is 10.1 Å². The van der Waals surface area contributed by atoms with Crippen LogP contribution in [0.25, 0.3) is 11.0 Å². The Labute approximate surface area is 231 Å². The minimum absolute atomic E-state index is 0.270. The number of para-hydroxylation sites is 2. The van der Waals surface area contributed by atoms with Crippen LogP contribution in [0.5, 0.6) is 0 Å². The quantitative estimate of drug-likeness (QED) is 0.278. The number of rotatable bonds is 5. The Morgan fingerprint density at radius 2 is 1.87 bits per heavy atom. The van der Waals surface area contributed by atoms with E-state index in [-0.39, 0.29) is 5.91 Å². The minimum atomic E-state index is -1.62. The van der Waals surface area contributed by atoms with E-state index < -0.39 is 5.41 Å². The maximum Gasteiger partial charge on any atom is 0.255 e. The summed E-state index contributed by atoms with van der Waals surface area (Å²) in [4.78, 5) is 22.2. The minimum Gasteiger partial charge on any atom is -0.322 e. The lowest BCUT2D eigenvalue weighted by Gasteiger charge is -2.33. The van der Waals surface area contributed by atoms with E-state index in [4.69, 9.17) is 0 Å². The number of aryl methyl sites for hydroxylation is 1. The smallest absolute Gasteiger partial charge is 0.255 e. The third kappa shape index (κ3) is 6.37. The van der Waals surface area contributed by atoms with Gasteiger partial charge in [-0.15, -0.1) is 0 Å². The fourth-order valence-corrected chi connectivity index (χ4v) is 5.03. The van der Waals surface area contributed by atoms with Gasteiger partial charge in [-0.1, -0.05) is 33.5 Å². The molecule has 6 nitrogen and oxygen atoms in total. The van der Waals surface area contributed by atoms with E-state index in [2.05, 4.69) is 48.4 Å². The van der Waals surface area contributed by atoms with Crippen molar-refractivity contribution < 1.29 is 9.18 Å². The second-order valence-electron chi connectivity index (χ2n) is 10.4. The van der Waals surface area contributed by atoms with Gasteiger partial charge in [0.25, 0.3) is 5.91 Å². The lowest BCUT2D eigenvalue weighted by atomic mass is 10.0. The van der Waals surface area contributed by atoms with Crippen molar-refractivity contribution in [1.82, 2.24) is 19.4 Å². The van der Waals surface area contributed by atoms with E-state index in [0.29, 0.717) is 23.4 Å². The number of alkyl halides is 1. The molecule has 1 saturated heterocycles. The van der Waals surface area contributed by atoms with Crippen LogP contribution in [0, 0.1) is 18.9 Å². The third-order valence-corrected chi connectivity index (χ3v) is 7.46. The molecule has 1 fully saturated rings. The van der Waals surface area contributed by atoms with Gasteiger partial charge < -0.3 is 10.2 Å². The van der Waals surface area contributed by atoms with Crippen LogP contribution < -0.4 is 5.32 Å². The van der Waals surface area contributed by atoms with Gasteiger partial charge in [-0.05, 0) is 79.9 Å². The summed E-state index contributed by atoms with van der Waals surface area (Å²) in [5.74, 6) is 2.91. The van der Waals surface area contributed by atoms with Gasteiger partial charge in [0.1, 0.15) is 11.7 Å². The van der Waals surface area contributed by atoms with Crippen molar-refractivity contribution in [3.8, 4) is 12.0 Å². The number of nitrogens with zero attached hydrogens (tertiary/aromatic N) is 4. The molecule has 0 radical (unpaired) electrons. The molecular formula is C31H33FN5OP. The number of carbonyl (C=O) groups is 1. The molecule has 8 heteroatoms. The van der Waals surface area contributed by atoms with Gasteiger partial charge in [0.05, 0.1) is 11.0 Å². The average Bonchev–Trinajstić information content (AvgIpc) is 3.33. The first kappa shape index (κ1) is 27.0. The summed E-state index contributed by atoms with van der Waals surface area (Å²) in [6.07, 6.45) is 1.69. The zero-order valence-electron chi connectivity index (χ0n) is 22.5. The number of piperazine rings is 1. The Hall–Kier alpha value is -3.56. The number of imidazole rings is 1. The van der Waals surface area contributed by atoms with Crippen molar-refractivity contribution in [2.24, 2.45) is 0 Å². The van der Waals surface area contributed by atoms with E-state index in [1.54, 1.807) is 29.1 Å². The summed E-state index contributed by atoms with van der Waals surface area (Å²) in [7, 11) is 4.41. The van der Waals surface area contributed by atoms with Crippen molar-refractivity contribution in [2.45, 2.75) is 25.8 Å². The Morgan fingerprint density at radius 1 is 1.10 bits per heavy atom. The van der Waals surface area contributed by atoms with Crippen LogP contribution in [0.1, 0.15) is 39.5 Å². The molecule has 1 N–H and O–H groups in total. The number of fused-ring (bicyclic) bond motifs is 1. The summed E-state index contributed by atoms with van der Waals surface area (Å²) in [5, 5.41) is 1.33. The largest absolute Gasteiger partial charge is 0.322 e. The van der Waals surface area contributed by atoms with Gasteiger partial charge in [-0.2, -0.15) is 0 Å². The second-order valence-corrected chi connectivity index (χ2v) is 11.4. The molecule has 0 aliphatic carbocycles. The number of carbonyl (C=O) groups excluding carboxylic acids is 1. The van der Waals surface area contributed by atoms with Crippen molar-refractivity contribution in [1.29, 1.82) is 0 Å².